The molecule has 1 N–H and O–H groups in total. The molecule has 0 saturated carbocycles. The van der Waals surface area contributed by atoms with Crippen molar-refractivity contribution in [2.24, 2.45) is 0 Å². The van der Waals surface area contributed by atoms with Crippen molar-refractivity contribution in [1.82, 2.24) is 0 Å². The third-order valence-electron chi connectivity index (χ3n) is 7.97. The average Bonchev–Trinajstić information content (AvgIpc) is 2.99. The lowest BCUT2D eigenvalue weighted by molar-refractivity contribution is 0.0703. The van der Waals surface area contributed by atoms with Crippen LogP contribution in [0.15, 0.2) is 0 Å². The van der Waals surface area contributed by atoms with E-state index in [4.69, 9.17) is 51.9 Å². The summed E-state index contributed by atoms with van der Waals surface area (Å²) < 4.78 is 79.5. The summed E-state index contributed by atoms with van der Waals surface area (Å²) >= 11 is 0. The number of hydrogen-bond donors (Lipinski definition) is 1. The van der Waals surface area contributed by atoms with Gasteiger partial charge in [-0.3, -0.25) is 0 Å². The fourth-order valence-electron chi connectivity index (χ4n) is 7.12. The second kappa shape index (κ2) is 26.5. The van der Waals surface area contributed by atoms with Crippen molar-refractivity contribution in [1.29, 1.82) is 0 Å². The zero-order valence-corrected chi connectivity index (χ0v) is 46.4. The molecule has 21 heteroatoms. The molecule has 0 amide bonds. The van der Waals surface area contributed by atoms with Gasteiger partial charge in [0.15, 0.2) is 16.6 Å². The predicted octanol–water partition coefficient (Wildman–Crippen LogP) is 8.93. The van der Waals surface area contributed by atoms with E-state index in [1.54, 1.807) is 0 Å². The fraction of sp³-hybridized carbons (Fsp3) is 1.00. The van der Waals surface area contributed by atoms with Crippen molar-refractivity contribution in [3.8, 4) is 0 Å². The van der Waals surface area contributed by atoms with Crippen molar-refractivity contribution in [2.45, 2.75) is 163 Å². The molecule has 55 heavy (non-hydrogen) atoms. The van der Waals surface area contributed by atoms with Gasteiger partial charge in [-0.2, -0.15) is 0 Å². The molecule has 0 heterocycles. The normalized spacial score (nSPS) is 16.9. The number of hydrogen-bond acceptors (Lipinski definition) is 13. The van der Waals surface area contributed by atoms with Crippen LogP contribution in [0, 0.1) is 0 Å². The van der Waals surface area contributed by atoms with Crippen molar-refractivity contribution in [3.63, 3.8) is 0 Å². The highest BCUT2D eigenvalue weighted by Crippen LogP contribution is 2.36. The number of aliphatic hydroxyl groups is 1. The second-order valence-electron chi connectivity index (χ2n) is 16.6. The topological polar surface area (TPSA) is 131 Å². The maximum Gasteiger partial charge on any atom is 0.500 e. The van der Waals surface area contributed by atoms with Crippen LogP contribution in [0.25, 0.3) is 0 Å². The molecule has 0 aliphatic heterocycles. The Morgan fingerprint density at radius 2 is 0.691 bits per heavy atom. The van der Waals surface area contributed by atoms with E-state index >= 15 is 0 Å². The molecule has 0 aliphatic rings. The van der Waals surface area contributed by atoms with Gasteiger partial charge in [0, 0.05) is 58.3 Å². The third kappa shape index (κ3) is 24.9. The van der Waals surface area contributed by atoms with Crippen LogP contribution < -0.4 is 0 Å². The Morgan fingerprint density at radius 1 is 0.364 bits per heavy atom. The molecule has 0 rings (SSSR count). The van der Waals surface area contributed by atoms with E-state index in [1.165, 1.54) is 0 Å². The van der Waals surface area contributed by atoms with Crippen LogP contribution in [0.5, 0.6) is 0 Å². The Kier molecular flexibility index (Phi) is 27.1. The molecule has 0 aromatic rings. The quantitative estimate of drug-likeness (QED) is 0.0475. The van der Waals surface area contributed by atoms with Gasteiger partial charge in [0.25, 0.3) is 0 Å². The highest BCUT2D eigenvalue weighted by Gasteiger charge is 2.53. The lowest BCUT2D eigenvalue weighted by atomic mass is 10.5. The first-order valence-corrected chi connectivity index (χ1v) is 42.0. The number of ether oxygens (including phenoxy) is 1. The highest BCUT2D eigenvalue weighted by molar-refractivity contribution is 6.92. The van der Waals surface area contributed by atoms with Gasteiger partial charge >= 0.3 is 51.9 Å². The molecule has 0 aromatic carbocycles. The van der Waals surface area contributed by atoms with Crippen molar-refractivity contribution in [2.75, 3.05) is 59.5 Å². The molecule has 3 unspecified atom stereocenters. The average molecular weight is 928 g/mol. The Morgan fingerprint density at radius 3 is 1.02 bits per heavy atom. The van der Waals surface area contributed by atoms with Gasteiger partial charge in [-0.25, -0.2) is 0 Å². The van der Waals surface area contributed by atoms with E-state index in [0.717, 1.165) is 25.3 Å². The standard InChI is InChI=1S/C34H86O13Si8/c1-18-37-54(38-19-2,39-20-3)33-25-31-52(16,45-50(13,14)43-48(7,8)9)47-53(17,32-26-34-55(40-21-4,41-22-5)42-23-6)46-51(15,44-49(10,11)12)30-24-28-36-29-27-35/h35H,18-34H2,1-17H3. The summed E-state index contributed by atoms with van der Waals surface area (Å²) in [5.74, 6) is 0. The second-order valence-corrected chi connectivity index (χ2v) is 45.7. The first-order valence-electron chi connectivity index (χ1n) is 20.9. The Balaban J connectivity index is 7.15. The minimum Gasteiger partial charge on any atom is -0.437 e. The predicted molar refractivity (Wildman–Crippen MR) is 242 cm³/mol. The fourth-order valence-corrected chi connectivity index (χ4v) is 42.6. The van der Waals surface area contributed by atoms with Crippen LogP contribution >= 0.6 is 0 Å². The summed E-state index contributed by atoms with van der Waals surface area (Å²) in [7, 11) is -21.4. The first kappa shape index (κ1) is 56.2. The molecule has 0 aliphatic carbocycles. The van der Waals surface area contributed by atoms with Gasteiger partial charge in [-0.05, 0) is 151 Å². The highest BCUT2D eigenvalue weighted by atomic mass is 28.5. The smallest absolute Gasteiger partial charge is 0.437 e. The van der Waals surface area contributed by atoms with Crippen LogP contribution in [-0.4, -0.2) is 133 Å². The van der Waals surface area contributed by atoms with Gasteiger partial charge in [0.2, 0.25) is 0 Å². The zero-order chi connectivity index (χ0) is 42.5. The van der Waals surface area contributed by atoms with E-state index in [0.29, 0.717) is 77.0 Å². The first-order chi connectivity index (χ1) is 25.4. The van der Waals surface area contributed by atoms with E-state index in [9.17, 15) is 5.11 Å². The molecular formula is C34H86O13Si8. The van der Waals surface area contributed by atoms with Crippen LogP contribution in [0.2, 0.25) is 102 Å². The van der Waals surface area contributed by atoms with Crippen molar-refractivity contribution < 1.29 is 57.0 Å². The van der Waals surface area contributed by atoms with Crippen LogP contribution in [0.4, 0.5) is 0 Å². The number of aliphatic hydroxyl groups excluding tert-OH is 1. The SMILES string of the molecule is CCO[Si](CCC[Si](C)(O[Si](C)(C)O[Si](C)(C)C)O[Si](C)(CCC[Si](OCC)(OCC)OCC)O[Si](C)(CCCOCCO)O[Si](C)(C)C)(OCC)OCC. The van der Waals surface area contributed by atoms with E-state index < -0.39 is 68.5 Å². The zero-order valence-electron chi connectivity index (χ0n) is 38.4. The van der Waals surface area contributed by atoms with Crippen molar-refractivity contribution in [3.05, 3.63) is 0 Å². The molecule has 0 bridgehead atoms. The minimum absolute atomic E-state index is 0.000919. The van der Waals surface area contributed by atoms with Gasteiger partial charge in [0.05, 0.1) is 13.2 Å². The van der Waals surface area contributed by atoms with Gasteiger partial charge < -0.3 is 57.0 Å². The van der Waals surface area contributed by atoms with Gasteiger partial charge in [-0.1, -0.05) is 0 Å². The van der Waals surface area contributed by atoms with Crippen molar-refractivity contribution >= 4 is 68.5 Å². The molecule has 332 valence electrons. The summed E-state index contributed by atoms with van der Waals surface area (Å²) in [6.45, 7) is 40.0. The summed E-state index contributed by atoms with van der Waals surface area (Å²) in [5.41, 5.74) is 0. The lowest BCUT2D eigenvalue weighted by Crippen LogP contribution is -2.62. The molecule has 0 fully saturated rings. The molecule has 0 radical (unpaired) electrons. The molecular weight excluding hydrogens is 841 g/mol. The summed E-state index contributed by atoms with van der Waals surface area (Å²) in [4.78, 5) is 0. The maximum atomic E-state index is 9.28. The molecule has 3 atom stereocenters. The van der Waals surface area contributed by atoms with Crippen LogP contribution in [0.3, 0.4) is 0 Å². The summed E-state index contributed by atoms with van der Waals surface area (Å²) in [6, 6.07) is 3.45. The summed E-state index contributed by atoms with van der Waals surface area (Å²) in [6.07, 6.45) is 2.27. The third-order valence-corrected chi connectivity index (χ3v) is 37.3. The van der Waals surface area contributed by atoms with E-state index in [-0.39, 0.29) is 6.61 Å². The number of rotatable bonds is 36. The van der Waals surface area contributed by atoms with Crippen LogP contribution in [-0.2, 0) is 51.9 Å². The Hall–Kier alpha value is 1.22. The Bertz CT molecular complexity index is 977. The largest absolute Gasteiger partial charge is 0.500 e. The molecule has 13 nitrogen and oxygen atoms in total. The maximum absolute atomic E-state index is 9.28. The molecule has 0 saturated heterocycles. The monoisotopic (exact) mass is 926 g/mol. The van der Waals surface area contributed by atoms with Gasteiger partial charge in [0.1, 0.15) is 0 Å². The summed E-state index contributed by atoms with van der Waals surface area (Å²) in [5, 5.41) is 9.28. The van der Waals surface area contributed by atoms with Gasteiger partial charge in [-0.15, -0.1) is 0 Å². The van der Waals surface area contributed by atoms with E-state index in [1.807, 2.05) is 41.5 Å². The minimum atomic E-state index is -3.10. The Labute approximate surface area is 346 Å². The lowest BCUT2D eigenvalue weighted by Gasteiger charge is -2.46. The van der Waals surface area contributed by atoms with Crippen LogP contribution in [0.1, 0.15) is 60.8 Å². The molecule has 0 aromatic heterocycles. The van der Waals surface area contributed by atoms with E-state index in [2.05, 4.69) is 72.0 Å². The molecule has 0 spiro atoms.